The highest BCUT2D eigenvalue weighted by Crippen LogP contribution is 2.73. The van der Waals surface area contributed by atoms with Gasteiger partial charge in [0.1, 0.15) is 23.6 Å². The maximum absolute atomic E-state index is 17.7. The number of hydrogen-bond donors (Lipinski definition) is 2. The first-order valence-corrected chi connectivity index (χ1v) is 15.6. The number of thioether (sulfide) groups is 1. The summed E-state index contributed by atoms with van der Waals surface area (Å²) in [7, 11) is -4.96. The van der Waals surface area contributed by atoms with E-state index in [-0.39, 0.29) is 43.4 Å². The average molecular weight is 611 g/mol. The van der Waals surface area contributed by atoms with Crippen LogP contribution >= 0.6 is 19.6 Å². The number of phosphoric ester groups is 1. The summed E-state index contributed by atoms with van der Waals surface area (Å²) in [6, 6.07) is -1.04. The summed E-state index contributed by atoms with van der Waals surface area (Å²) >= 11 is 0.392. The lowest BCUT2D eigenvalue weighted by Crippen LogP contribution is -2.66. The molecule has 40 heavy (non-hydrogen) atoms. The number of phosphoric acid groups is 1. The minimum atomic E-state index is -4.96. The summed E-state index contributed by atoms with van der Waals surface area (Å²) in [5.41, 5.74) is -7.10. The fourth-order valence-corrected chi connectivity index (χ4v) is 8.92. The fraction of sp³-hybridized carbons (Fsp3) is 0.731. The van der Waals surface area contributed by atoms with Crippen molar-refractivity contribution in [3.8, 4) is 0 Å². The minimum Gasteiger partial charge on any atom is -0.470 e. The standard InChI is InChI=1S/C26H34F3O9PS/c1-5-21(31)38-26(22(32)40-12-27)14(2)8-16-17-11-19(28)18-9-15(30)10-20(36-13-37-39(33,34)35)24(18,4)25(17,29)7-6-23(16,26)3/h9-10,14,16-17,19H,5-8,11-13H2,1-4H3,(H2,33,34,35). The van der Waals surface area contributed by atoms with Crippen molar-refractivity contribution in [2.75, 3.05) is 12.8 Å². The van der Waals surface area contributed by atoms with Gasteiger partial charge >= 0.3 is 13.8 Å². The first kappa shape index (κ1) is 31.3. The van der Waals surface area contributed by atoms with Gasteiger partial charge in [-0.25, -0.2) is 22.3 Å². The van der Waals surface area contributed by atoms with Gasteiger partial charge in [-0.2, -0.15) is 0 Å². The van der Waals surface area contributed by atoms with Gasteiger partial charge in [0.05, 0.1) is 5.41 Å². The topological polar surface area (TPSA) is 136 Å². The quantitative estimate of drug-likeness (QED) is 0.223. The third kappa shape index (κ3) is 4.51. The third-order valence-corrected chi connectivity index (χ3v) is 10.9. The molecule has 0 spiro atoms. The predicted molar refractivity (Wildman–Crippen MR) is 138 cm³/mol. The van der Waals surface area contributed by atoms with E-state index >= 15 is 8.78 Å². The number of rotatable bonds is 8. The Morgan fingerprint density at radius 2 is 1.85 bits per heavy atom. The molecule has 8 atom stereocenters. The normalized spacial score (nSPS) is 40.8. The number of halogens is 3. The first-order chi connectivity index (χ1) is 18.5. The number of esters is 1. The molecule has 4 rings (SSSR count). The van der Waals surface area contributed by atoms with Crippen molar-refractivity contribution in [3.63, 3.8) is 0 Å². The molecule has 0 aromatic heterocycles. The van der Waals surface area contributed by atoms with E-state index < -0.39 is 83.5 Å². The van der Waals surface area contributed by atoms with E-state index in [1.54, 1.807) is 20.8 Å². The Hall–Kier alpha value is -1.66. The SMILES string of the molecule is CCC(=O)OC1(C(=O)SCF)C(C)CC2C3CC(F)C4=CC(=O)C=C(OCOP(=O)(O)O)C4(C)C3(F)CCC21C. The van der Waals surface area contributed by atoms with Gasteiger partial charge in [-0.05, 0) is 61.9 Å². The Balaban J connectivity index is 1.80. The minimum absolute atomic E-state index is 0.0185. The van der Waals surface area contributed by atoms with Crippen LogP contribution in [0.2, 0.25) is 0 Å². The number of fused-ring (bicyclic) bond motifs is 5. The molecule has 0 aromatic carbocycles. The van der Waals surface area contributed by atoms with Crippen LogP contribution < -0.4 is 0 Å². The maximum Gasteiger partial charge on any atom is 0.472 e. The van der Waals surface area contributed by atoms with E-state index in [2.05, 4.69) is 4.52 Å². The molecule has 4 aliphatic rings. The summed E-state index contributed by atoms with van der Waals surface area (Å²) in [6.45, 7) is 5.36. The molecule has 14 heteroatoms. The van der Waals surface area contributed by atoms with Crippen LogP contribution in [0.5, 0.6) is 0 Å². The van der Waals surface area contributed by atoms with Crippen molar-refractivity contribution in [3.05, 3.63) is 23.5 Å². The highest BCUT2D eigenvalue weighted by atomic mass is 32.2. The zero-order valence-electron chi connectivity index (χ0n) is 22.7. The van der Waals surface area contributed by atoms with Gasteiger partial charge in [0, 0.05) is 29.7 Å². The Morgan fingerprint density at radius 1 is 1.18 bits per heavy atom. The predicted octanol–water partition coefficient (Wildman–Crippen LogP) is 4.87. The summed E-state index contributed by atoms with van der Waals surface area (Å²) in [5, 5.41) is -0.665. The second-order valence-electron chi connectivity index (χ2n) is 11.5. The lowest BCUT2D eigenvalue weighted by molar-refractivity contribution is -0.203. The molecule has 0 heterocycles. The number of carbonyl (C=O) groups is 3. The van der Waals surface area contributed by atoms with E-state index in [0.29, 0.717) is 11.8 Å². The van der Waals surface area contributed by atoms with Crippen molar-refractivity contribution in [1.82, 2.24) is 0 Å². The summed E-state index contributed by atoms with van der Waals surface area (Å²) < 4.78 is 73.9. The summed E-state index contributed by atoms with van der Waals surface area (Å²) in [5.74, 6) is -3.96. The zero-order chi connectivity index (χ0) is 29.9. The van der Waals surface area contributed by atoms with E-state index in [1.165, 1.54) is 6.92 Å². The van der Waals surface area contributed by atoms with Crippen molar-refractivity contribution in [2.45, 2.75) is 77.2 Å². The summed E-state index contributed by atoms with van der Waals surface area (Å²) in [6.07, 6.45) is -0.164. The molecule has 2 N–H and O–H groups in total. The van der Waals surface area contributed by atoms with E-state index in [4.69, 9.17) is 19.3 Å². The highest BCUT2D eigenvalue weighted by Gasteiger charge is 2.76. The van der Waals surface area contributed by atoms with Gasteiger partial charge in [-0.1, -0.05) is 20.8 Å². The molecule has 3 saturated carbocycles. The molecule has 4 aliphatic carbocycles. The lowest BCUT2D eigenvalue weighted by atomic mass is 9.45. The lowest BCUT2D eigenvalue weighted by Gasteiger charge is -2.62. The number of carbonyl (C=O) groups excluding carboxylic acids is 3. The Kier molecular flexibility index (Phi) is 8.26. The van der Waals surface area contributed by atoms with E-state index in [0.717, 1.165) is 12.2 Å². The van der Waals surface area contributed by atoms with Crippen LogP contribution in [0.25, 0.3) is 0 Å². The molecule has 0 radical (unpaired) electrons. The number of alkyl halides is 3. The fourth-order valence-electron chi connectivity index (χ4n) is 7.94. The molecule has 0 aliphatic heterocycles. The molecule has 0 bridgehead atoms. The molecule has 8 unspecified atom stereocenters. The highest BCUT2D eigenvalue weighted by molar-refractivity contribution is 8.13. The van der Waals surface area contributed by atoms with Crippen LogP contribution in [0.15, 0.2) is 23.5 Å². The van der Waals surface area contributed by atoms with Crippen LogP contribution in [-0.2, 0) is 32.9 Å². The first-order valence-electron chi connectivity index (χ1n) is 13.1. The van der Waals surface area contributed by atoms with Crippen molar-refractivity contribution < 1.29 is 55.9 Å². The number of ketones is 1. The van der Waals surface area contributed by atoms with E-state index in [9.17, 15) is 23.3 Å². The third-order valence-electron chi connectivity index (χ3n) is 9.81. The van der Waals surface area contributed by atoms with Crippen molar-refractivity contribution >= 4 is 36.5 Å². The van der Waals surface area contributed by atoms with Crippen molar-refractivity contribution in [1.29, 1.82) is 0 Å². The molecule has 3 fully saturated rings. The average Bonchev–Trinajstić information content (AvgIpc) is 3.08. The molecule has 0 amide bonds. The molecular formula is C26H34F3O9PS. The van der Waals surface area contributed by atoms with Gasteiger partial charge in [0.25, 0.3) is 0 Å². The van der Waals surface area contributed by atoms with Crippen molar-refractivity contribution in [2.24, 2.45) is 28.6 Å². The largest absolute Gasteiger partial charge is 0.472 e. The van der Waals surface area contributed by atoms with Crippen LogP contribution in [0.3, 0.4) is 0 Å². The van der Waals surface area contributed by atoms with Crippen LogP contribution in [0, 0.1) is 28.6 Å². The van der Waals surface area contributed by atoms with Gasteiger partial charge in [-0.15, -0.1) is 0 Å². The zero-order valence-corrected chi connectivity index (χ0v) is 24.4. The van der Waals surface area contributed by atoms with E-state index in [1.807, 2.05) is 0 Å². The number of allylic oxidation sites excluding steroid dienone is 3. The van der Waals surface area contributed by atoms with Gasteiger partial charge in [0.2, 0.25) is 5.12 Å². The summed E-state index contributed by atoms with van der Waals surface area (Å²) in [4.78, 5) is 56.6. The number of ether oxygens (including phenoxy) is 2. The molecule has 0 saturated heterocycles. The van der Waals surface area contributed by atoms with Gasteiger partial charge in [-0.3, -0.25) is 14.4 Å². The molecular weight excluding hydrogens is 576 g/mol. The smallest absolute Gasteiger partial charge is 0.470 e. The number of hydrogen-bond acceptors (Lipinski definition) is 8. The molecule has 224 valence electrons. The maximum atomic E-state index is 17.7. The Labute approximate surface area is 234 Å². The Morgan fingerprint density at radius 3 is 2.45 bits per heavy atom. The van der Waals surface area contributed by atoms with Crippen LogP contribution in [0.4, 0.5) is 13.2 Å². The second-order valence-corrected chi connectivity index (χ2v) is 13.6. The monoisotopic (exact) mass is 610 g/mol. The van der Waals surface area contributed by atoms with Gasteiger partial charge < -0.3 is 19.3 Å². The second kappa shape index (κ2) is 10.6. The molecule has 0 aromatic rings. The Bertz CT molecular complexity index is 1210. The van der Waals surface area contributed by atoms with Crippen LogP contribution in [0.1, 0.15) is 59.8 Å². The van der Waals surface area contributed by atoms with Crippen LogP contribution in [-0.4, -0.2) is 56.9 Å². The van der Waals surface area contributed by atoms with Gasteiger partial charge in [0.15, 0.2) is 18.2 Å². The molecule has 9 nitrogen and oxygen atoms in total.